The van der Waals surface area contributed by atoms with Crippen molar-refractivity contribution in [3.05, 3.63) is 101 Å². The summed E-state index contributed by atoms with van der Waals surface area (Å²) in [5.74, 6) is 0.518. The second-order valence-corrected chi connectivity index (χ2v) is 5.92. The molecule has 0 saturated heterocycles. The zero-order chi connectivity index (χ0) is 18.2. The number of ether oxygens (including phenoxy) is 1. The van der Waals surface area contributed by atoms with E-state index in [1.54, 1.807) is 12.3 Å². The summed E-state index contributed by atoms with van der Waals surface area (Å²) in [6, 6.07) is 24.9. The number of hydrogen-bond donors (Lipinski definition) is 1. The number of carbonyl (C=O) groups is 1. The van der Waals surface area contributed by atoms with E-state index in [9.17, 15) is 4.79 Å². The Labute approximate surface area is 153 Å². The SMILES string of the molecule is Cc1cccc(C(=O)NN=Cc2cccc(OCc3ccccc3)c2)c1. The second-order valence-electron chi connectivity index (χ2n) is 5.92. The first-order chi connectivity index (χ1) is 12.7. The van der Waals surface area contributed by atoms with Gasteiger partial charge in [0.05, 0.1) is 6.21 Å². The van der Waals surface area contributed by atoms with Crippen molar-refractivity contribution in [2.45, 2.75) is 13.5 Å². The molecule has 130 valence electrons. The van der Waals surface area contributed by atoms with E-state index in [4.69, 9.17) is 4.74 Å². The van der Waals surface area contributed by atoms with E-state index < -0.39 is 0 Å². The highest BCUT2D eigenvalue weighted by molar-refractivity contribution is 5.95. The number of amides is 1. The van der Waals surface area contributed by atoms with E-state index in [1.807, 2.05) is 79.7 Å². The van der Waals surface area contributed by atoms with Crippen molar-refractivity contribution in [1.82, 2.24) is 5.43 Å². The minimum atomic E-state index is -0.235. The molecule has 0 saturated carbocycles. The molecule has 1 amide bonds. The van der Waals surface area contributed by atoms with Crippen molar-refractivity contribution in [2.75, 3.05) is 0 Å². The van der Waals surface area contributed by atoms with Gasteiger partial charge >= 0.3 is 0 Å². The number of nitrogens with zero attached hydrogens (tertiary/aromatic N) is 1. The largest absolute Gasteiger partial charge is 0.489 e. The van der Waals surface area contributed by atoms with Gasteiger partial charge in [-0.3, -0.25) is 4.79 Å². The summed E-state index contributed by atoms with van der Waals surface area (Å²) < 4.78 is 5.79. The smallest absolute Gasteiger partial charge is 0.271 e. The standard InChI is InChI=1S/C22H20N2O2/c1-17-7-5-11-20(13-17)22(25)24-23-15-19-10-6-12-21(14-19)26-16-18-8-3-2-4-9-18/h2-15H,16H2,1H3,(H,24,25). The fourth-order valence-corrected chi connectivity index (χ4v) is 2.44. The van der Waals surface area contributed by atoms with Crippen LogP contribution in [0.3, 0.4) is 0 Å². The summed E-state index contributed by atoms with van der Waals surface area (Å²) in [6.45, 7) is 2.45. The van der Waals surface area contributed by atoms with E-state index >= 15 is 0 Å². The Morgan fingerprint density at radius 1 is 1.00 bits per heavy atom. The number of hydrazone groups is 1. The molecule has 0 radical (unpaired) electrons. The number of benzene rings is 3. The molecular formula is C22H20N2O2. The molecule has 0 fully saturated rings. The van der Waals surface area contributed by atoms with Gasteiger partial charge in [0.1, 0.15) is 12.4 Å². The highest BCUT2D eigenvalue weighted by Crippen LogP contribution is 2.14. The van der Waals surface area contributed by atoms with Crippen LogP contribution in [0.4, 0.5) is 0 Å². The van der Waals surface area contributed by atoms with Gasteiger partial charge in [0.25, 0.3) is 5.91 Å². The van der Waals surface area contributed by atoms with Crippen molar-refractivity contribution < 1.29 is 9.53 Å². The second kappa shape index (κ2) is 8.62. The highest BCUT2D eigenvalue weighted by Gasteiger charge is 2.03. The lowest BCUT2D eigenvalue weighted by molar-refractivity contribution is 0.0955. The molecular weight excluding hydrogens is 324 g/mol. The Kier molecular flexibility index (Phi) is 5.78. The third-order valence-corrected chi connectivity index (χ3v) is 3.77. The molecule has 3 aromatic rings. The zero-order valence-electron chi connectivity index (χ0n) is 14.6. The first kappa shape index (κ1) is 17.4. The molecule has 3 aromatic carbocycles. The Hall–Kier alpha value is -3.40. The van der Waals surface area contributed by atoms with Crippen molar-refractivity contribution in [3.63, 3.8) is 0 Å². The molecule has 4 heteroatoms. The average Bonchev–Trinajstić information content (AvgIpc) is 2.67. The molecule has 0 bridgehead atoms. The van der Waals surface area contributed by atoms with Crippen LogP contribution in [0.25, 0.3) is 0 Å². The van der Waals surface area contributed by atoms with E-state index in [-0.39, 0.29) is 5.91 Å². The Morgan fingerprint density at radius 3 is 2.62 bits per heavy atom. The molecule has 0 aromatic heterocycles. The van der Waals surface area contributed by atoms with Gasteiger partial charge in [0.15, 0.2) is 0 Å². The van der Waals surface area contributed by atoms with Crippen LogP contribution in [-0.4, -0.2) is 12.1 Å². The molecule has 0 spiro atoms. The van der Waals surface area contributed by atoms with Crippen LogP contribution in [-0.2, 0) is 6.61 Å². The quantitative estimate of drug-likeness (QED) is 0.534. The van der Waals surface area contributed by atoms with Crippen molar-refractivity contribution in [2.24, 2.45) is 5.10 Å². The lowest BCUT2D eigenvalue weighted by atomic mass is 10.1. The molecule has 4 nitrogen and oxygen atoms in total. The molecule has 0 aliphatic heterocycles. The molecule has 3 rings (SSSR count). The molecule has 0 aliphatic carbocycles. The van der Waals surface area contributed by atoms with Crippen LogP contribution in [0.1, 0.15) is 27.0 Å². The molecule has 1 N–H and O–H groups in total. The summed E-state index contributed by atoms with van der Waals surface area (Å²) in [6.07, 6.45) is 1.60. The van der Waals surface area contributed by atoms with Gasteiger partial charge in [-0.15, -0.1) is 0 Å². The van der Waals surface area contributed by atoms with Crippen molar-refractivity contribution in [3.8, 4) is 5.75 Å². The minimum absolute atomic E-state index is 0.235. The van der Waals surface area contributed by atoms with Crippen LogP contribution in [0.15, 0.2) is 84.0 Å². The summed E-state index contributed by atoms with van der Waals surface area (Å²) in [7, 11) is 0. The van der Waals surface area contributed by atoms with Crippen LogP contribution >= 0.6 is 0 Å². The van der Waals surface area contributed by atoms with Crippen LogP contribution in [0.5, 0.6) is 5.75 Å². The third kappa shape index (κ3) is 5.05. The number of carbonyl (C=O) groups excluding carboxylic acids is 1. The van der Waals surface area contributed by atoms with E-state index in [2.05, 4.69) is 10.5 Å². The van der Waals surface area contributed by atoms with Crippen LogP contribution in [0, 0.1) is 6.92 Å². The maximum absolute atomic E-state index is 12.1. The maximum Gasteiger partial charge on any atom is 0.271 e. The zero-order valence-corrected chi connectivity index (χ0v) is 14.6. The summed E-state index contributed by atoms with van der Waals surface area (Å²) in [5.41, 5.74) is 6.11. The highest BCUT2D eigenvalue weighted by atomic mass is 16.5. The van der Waals surface area contributed by atoms with Gasteiger partial charge in [0, 0.05) is 5.56 Å². The number of rotatable bonds is 6. The topological polar surface area (TPSA) is 50.7 Å². The fraction of sp³-hybridized carbons (Fsp3) is 0.0909. The van der Waals surface area contributed by atoms with Gasteiger partial charge < -0.3 is 4.74 Å². The van der Waals surface area contributed by atoms with Gasteiger partial charge in [-0.25, -0.2) is 5.43 Å². The number of hydrogen-bond acceptors (Lipinski definition) is 3. The third-order valence-electron chi connectivity index (χ3n) is 3.77. The van der Waals surface area contributed by atoms with Gasteiger partial charge in [-0.1, -0.05) is 60.2 Å². The Bertz CT molecular complexity index is 905. The Balaban J connectivity index is 1.57. The lowest BCUT2D eigenvalue weighted by Crippen LogP contribution is -2.17. The Morgan fingerprint density at radius 2 is 1.81 bits per heavy atom. The first-order valence-electron chi connectivity index (χ1n) is 8.37. The van der Waals surface area contributed by atoms with E-state index in [0.29, 0.717) is 12.2 Å². The van der Waals surface area contributed by atoms with E-state index in [0.717, 1.165) is 22.4 Å². The normalized spacial score (nSPS) is 10.7. The molecule has 0 unspecified atom stereocenters. The average molecular weight is 344 g/mol. The summed E-state index contributed by atoms with van der Waals surface area (Å²) in [5, 5.41) is 4.03. The monoisotopic (exact) mass is 344 g/mol. The van der Waals surface area contributed by atoms with Gasteiger partial charge in [0.2, 0.25) is 0 Å². The lowest BCUT2D eigenvalue weighted by Gasteiger charge is -2.06. The van der Waals surface area contributed by atoms with Gasteiger partial charge in [-0.2, -0.15) is 5.10 Å². The van der Waals surface area contributed by atoms with Gasteiger partial charge in [-0.05, 0) is 42.3 Å². The number of nitrogens with one attached hydrogen (secondary N) is 1. The predicted octanol–water partition coefficient (Wildman–Crippen LogP) is 4.34. The van der Waals surface area contributed by atoms with Crippen molar-refractivity contribution >= 4 is 12.1 Å². The summed E-state index contributed by atoms with van der Waals surface area (Å²) >= 11 is 0. The molecule has 0 atom stereocenters. The van der Waals surface area contributed by atoms with E-state index in [1.165, 1.54) is 0 Å². The fourth-order valence-electron chi connectivity index (χ4n) is 2.44. The molecule has 26 heavy (non-hydrogen) atoms. The van der Waals surface area contributed by atoms with Crippen LogP contribution < -0.4 is 10.2 Å². The minimum Gasteiger partial charge on any atom is -0.489 e. The number of aryl methyl sites for hydroxylation is 1. The van der Waals surface area contributed by atoms with Crippen LogP contribution in [0.2, 0.25) is 0 Å². The predicted molar refractivity (Wildman–Crippen MR) is 103 cm³/mol. The maximum atomic E-state index is 12.1. The molecule has 0 heterocycles. The summed E-state index contributed by atoms with van der Waals surface area (Å²) in [4.78, 5) is 12.1. The van der Waals surface area contributed by atoms with Crippen molar-refractivity contribution in [1.29, 1.82) is 0 Å². The first-order valence-corrected chi connectivity index (χ1v) is 8.37. The molecule has 0 aliphatic rings.